The third kappa shape index (κ3) is 1.48. The predicted octanol–water partition coefficient (Wildman–Crippen LogP) is 3.21. The number of hydrogen-bond acceptors (Lipinski definition) is 2. The van der Waals surface area contributed by atoms with Gasteiger partial charge in [-0.05, 0) is 18.2 Å². The van der Waals surface area contributed by atoms with Crippen LogP contribution in [0.4, 0.5) is 0 Å². The molecule has 1 N–H and O–H groups in total. The second-order valence-electron chi connectivity index (χ2n) is 4.66. The number of fused-ring (bicyclic) bond motifs is 2. The summed E-state index contributed by atoms with van der Waals surface area (Å²) in [4.78, 5) is 20.1. The first-order valence-electron chi connectivity index (χ1n) is 6.37. The minimum atomic E-state index is -0.0730. The molecule has 2 heterocycles. The fourth-order valence-electron chi connectivity index (χ4n) is 2.50. The molecule has 0 atom stereocenters. The van der Waals surface area contributed by atoms with E-state index < -0.39 is 0 Å². The second kappa shape index (κ2) is 4.06. The number of aromatic nitrogens is 3. The first-order chi connectivity index (χ1) is 9.84. The number of para-hydroxylation sites is 3. The Balaban J connectivity index is 1.92. The molecule has 0 aliphatic carbocycles. The molecule has 4 nitrogen and oxygen atoms in total. The van der Waals surface area contributed by atoms with Crippen LogP contribution in [-0.2, 0) is 0 Å². The molecule has 0 aliphatic rings. The summed E-state index contributed by atoms with van der Waals surface area (Å²) in [7, 11) is 0. The molecule has 0 fully saturated rings. The number of carbonyl (C=O) groups is 1. The number of nitrogens with one attached hydrogen (secondary N) is 1. The summed E-state index contributed by atoms with van der Waals surface area (Å²) < 4.78 is 1.59. The number of hydrogen-bond donors (Lipinski definition) is 1. The molecule has 96 valence electrons. The van der Waals surface area contributed by atoms with E-state index in [1.807, 2.05) is 48.5 Å². The van der Waals surface area contributed by atoms with E-state index in [2.05, 4.69) is 9.97 Å². The summed E-state index contributed by atoms with van der Waals surface area (Å²) in [6.45, 7) is 0. The van der Waals surface area contributed by atoms with E-state index >= 15 is 0 Å². The van der Waals surface area contributed by atoms with Crippen LogP contribution in [0.25, 0.3) is 21.9 Å². The Morgan fingerprint density at radius 2 is 1.85 bits per heavy atom. The Labute approximate surface area is 114 Å². The first-order valence-corrected chi connectivity index (χ1v) is 6.37. The molecule has 0 radical (unpaired) electrons. The van der Waals surface area contributed by atoms with Gasteiger partial charge in [0.1, 0.15) is 6.33 Å². The lowest BCUT2D eigenvalue weighted by Crippen LogP contribution is -2.10. The average molecular weight is 261 g/mol. The molecule has 0 bridgehead atoms. The highest BCUT2D eigenvalue weighted by Gasteiger charge is 2.15. The van der Waals surface area contributed by atoms with Crippen molar-refractivity contribution in [3.8, 4) is 0 Å². The lowest BCUT2D eigenvalue weighted by atomic mass is 10.1. The minimum absolute atomic E-state index is 0.0730. The van der Waals surface area contributed by atoms with E-state index in [4.69, 9.17) is 0 Å². The molecule has 2 aromatic carbocycles. The number of rotatable bonds is 1. The van der Waals surface area contributed by atoms with Crippen LogP contribution in [0.1, 0.15) is 10.4 Å². The maximum atomic E-state index is 12.7. The molecule has 0 saturated carbocycles. The van der Waals surface area contributed by atoms with Crippen molar-refractivity contribution in [2.45, 2.75) is 0 Å². The van der Waals surface area contributed by atoms with Crippen LogP contribution in [0.2, 0.25) is 0 Å². The van der Waals surface area contributed by atoms with Crippen molar-refractivity contribution in [3.63, 3.8) is 0 Å². The third-order valence-electron chi connectivity index (χ3n) is 3.49. The molecule has 4 heteroatoms. The van der Waals surface area contributed by atoms with Gasteiger partial charge in [0.15, 0.2) is 0 Å². The zero-order chi connectivity index (χ0) is 13.5. The normalized spacial score (nSPS) is 11.2. The Bertz CT molecular complexity index is 857. The third-order valence-corrected chi connectivity index (χ3v) is 3.49. The highest BCUT2D eigenvalue weighted by atomic mass is 16.2. The van der Waals surface area contributed by atoms with Crippen molar-refractivity contribution in [2.24, 2.45) is 0 Å². The van der Waals surface area contributed by atoms with Crippen LogP contribution >= 0.6 is 0 Å². The molecule has 0 unspecified atom stereocenters. The van der Waals surface area contributed by atoms with Crippen molar-refractivity contribution < 1.29 is 4.79 Å². The molecule has 0 amide bonds. The summed E-state index contributed by atoms with van der Waals surface area (Å²) in [5.74, 6) is -0.0730. The lowest BCUT2D eigenvalue weighted by molar-refractivity contribution is 0.0966. The van der Waals surface area contributed by atoms with Gasteiger partial charge in [-0.15, -0.1) is 0 Å². The van der Waals surface area contributed by atoms with E-state index in [1.165, 1.54) is 0 Å². The summed E-state index contributed by atoms with van der Waals surface area (Å²) in [6.07, 6.45) is 3.33. The van der Waals surface area contributed by atoms with Gasteiger partial charge in [0.2, 0.25) is 0 Å². The van der Waals surface area contributed by atoms with Gasteiger partial charge in [0.05, 0.1) is 16.6 Å². The van der Waals surface area contributed by atoms with Crippen molar-refractivity contribution in [2.75, 3.05) is 0 Å². The minimum Gasteiger partial charge on any atom is -0.360 e. The van der Waals surface area contributed by atoms with Crippen LogP contribution in [0, 0.1) is 0 Å². The van der Waals surface area contributed by atoms with Crippen LogP contribution < -0.4 is 0 Å². The van der Waals surface area contributed by atoms with Crippen LogP contribution in [0.3, 0.4) is 0 Å². The van der Waals surface area contributed by atoms with E-state index in [9.17, 15) is 4.79 Å². The monoisotopic (exact) mass is 261 g/mol. The average Bonchev–Trinajstić information content (AvgIpc) is 3.11. The zero-order valence-electron chi connectivity index (χ0n) is 10.6. The Kier molecular flexibility index (Phi) is 2.23. The van der Waals surface area contributed by atoms with E-state index in [0.29, 0.717) is 5.56 Å². The fourth-order valence-corrected chi connectivity index (χ4v) is 2.50. The highest BCUT2D eigenvalue weighted by molar-refractivity contribution is 6.10. The summed E-state index contributed by atoms with van der Waals surface area (Å²) in [5, 5.41) is 0.926. The van der Waals surface area contributed by atoms with Crippen LogP contribution in [-0.4, -0.2) is 20.4 Å². The number of nitrogens with zero attached hydrogens (tertiary/aromatic N) is 2. The molecule has 0 saturated heterocycles. The Morgan fingerprint density at radius 1 is 1.05 bits per heavy atom. The smallest absolute Gasteiger partial charge is 0.265 e. The molecule has 4 rings (SSSR count). The number of benzene rings is 2. The van der Waals surface area contributed by atoms with Gasteiger partial charge < -0.3 is 4.98 Å². The number of carbonyl (C=O) groups excluding carboxylic acids is 1. The maximum Gasteiger partial charge on any atom is 0.265 e. The predicted molar refractivity (Wildman–Crippen MR) is 77.8 cm³/mol. The maximum absolute atomic E-state index is 12.7. The Hall–Kier alpha value is -2.88. The largest absolute Gasteiger partial charge is 0.360 e. The zero-order valence-corrected chi connectivity index (χ0v) is 10.6. The van der Waals surface area contributed by atoms with Gasteiger partial charge in [-0.3, -0.25) is 9.36 Å². The molecule has 4 aromatic rings. The van der Waals surface area contributed by atoms with Gasteiger partial charge in [-0.1, -0.05) is 30.3 Å². The molecule has 20 heavy (non-hydrogen) atoms. The van der Waals surface area contributed by atoms with E-state index in [-0.39, 0.29) is 5.91 Å². The quantitative estimate of drug-likeness (QED) is 0.572. The van der Waals surface area contributed by atoms with Crippen molar-refractivity contribution in [1.82, 2.24) is 14.5 Å². The van der Waals surface area contributed by atoms with Gasteiger partial charge in [-0.25, -0.2) is 4.98 Å². The Morgan fingerprint density at radius 3 is 2.80 bits per heavy atom. The molecular formula is C16H11N3O. The van der Waals surface area contributed by atoms with Gasteiger partial charge in [0.25, 0.3) is 5.91 Å². The molecule has 0 aliphatic heterocycles. The fraction of sp³-hybridized carbons (Fsp3) is 0. The summed E-state index contributed by atoms with van der Waals surface area (Å²) >= 11 is 0. The van der Waals surface area contributed by atoms with Gasteiger partial charge >= 0.3 is 0 Å². The van der Waals surface area contributed by atoms with E-state index in [0.717, 1.165) is 21.9 Å². The second-order valence-corrected chi connectivity index (χ2v) is 4.66. The SMILES string of the molecule is O=C(c1c[nH]c2ccccc12)n1cnc2ccccc21. The van der Waals surface area contributed by atoms with Crippen molar-refractivity contribution in [1.29, 1.82) is 0 Å². The molecular weight excluding hydrogens is 250 g/mol. The molecule has 0 spiro atoms. The van der Waals surface area contributed by atoms with Gasteiger partial charge in [0, 0.05) is 17.1 Å². The number of H-pyrrole nitrogens is 1. The number of aromatic amines is 1. The lowest BCUT2D eigenvalue weighted by Gasteiger charge is -2.01. The summed E-state index contributed by atoms with van der Waals surface area (Å²) in [5.41, 5.74) is 3.26. The summed E-state index contributed by atoms with van der Waals surface area (Å²) in [6, 6.07) is 15.4. The topological polar surface area (TPSA) is 50.7 Å². The highest BCUT2D eigenvalue weighted by Crippen LogP contribution is 2.20. The van der Waals surface area contributed by atoms with Gasteiger partial charge in [-0.2, -0.15) is 0 Å². The first kappa shape index (κ1) is 11.0. The van der Waals surface area contributed by atoms with Crippen LogP contribution in [0.5, 0.6) is 0 Å². The number of imidazole rings is 1. The molecule has 2 aromatic heterocycles. The standard InChI is InChI=1S/C16H11N3O/c20-16(12-9-17-13-6-2-1-5-11(12)13)19-10-18-14-7-3-4-8-15(14)19/h1-10,17H. The van der Waals surface area contributed by atoms with Crippen LogP contribution in [0.15, 0.2) is 61.1 Å². The van der Waals surface area contributed by atoms with Crippen molar-refractivity contribution >= 4 is 27.8 Å². The van der Waals surface area contributed by atoms with Crippen molar-refractivity contribution in [3.05, 3.63) is 66.6 Å². The van der Waals surface area contributed by atoms with E-state index in [1.54, 1.807) is 17.1 Å².